The second-order valence-electron chi connectivity index (χ2n) is 3.47. The number of nitrogens with zero attached hydrogens (tertiary/aromatic N) is 1. The minimum Gasteiger partial charge on any atom is -0.338 e. The molecule has 3 aromatic rings. The third kappa shape index (κ3) is 1.94. The fourth-order valence-corrected chi connectivity index (χ4v) is 1.69. The van der Waals surface area contributed by atoms with Gasteiger partial charge in [0, 0.05) is 27.3 Å². The second kappa shape index (κ2) is 4.64. The molecular weight excluding hydrogens is 232 g/mol. The molecule has 0 aliphatic carbocycles. The normalized spacial score (nSPS) is 10.0. The summed E-state index contributed by atoms with van der Waals surface area (Å²) in [5.74, 6) is 0.928. The molecule has 2 nitrogen and oxygen atoms in total. The molecule has 76 valence electrons. The van der Waals surface area contributed by atoms with E-state index in [0.29, 0.717) is 0 Å². The van der Waals surface area contributed by atoms with Crippen molar-refractivity contribution >= 4 is 11.0 Å². The molecule has 0 unspecified atom stereocenters. The van der Waals surface area contributed by atoms with Crippen LogP contribution in [0.25, 0.3) is 22.4 Å². The summed E-state index contributed by atoms with van der Waals surface area (Å²) in [7, 11) is 0. The number of hydrogen-bond acceptors (Lipinski definition) is 1. The molecule has 0 amide bonds. The van der Waals surface area contributed by atoms with Crippen molar-refractivity contribution in [3.8, 4) is 11.4 Å². The van der Waals surface area contributed by atoms with E-state index in [1.54, 1.807) is 0 Å². The SMILES string of the molecule is [Ti].c1ccc(-c2nc3ccccc3[nH]2)cc1. The van der Waals surface area contributed by atoms with Gasteiger partial charge < -0.3 is 4.98 Å². The first-order valence-corrected chi connectivity index (χ1v) is 4.94. The molecule has 1 aromatic heterocycles. The van der Waals surface area contributed by atoms with Crippen LogP contribution in [0.15, 0.2) is 54.6 Å². The van der Waals surface area contributed by atoms with Gasteiger partial charge in [-0.2, -0.15) is 0 Å². The minimum absolute atomic E-state index is 0. The molecule has 0 saturated heterocycles. The van der Waals surface area contributed by atoms with E-state index < -0.39 is 0 Å². The topological polar surface area (TPSA) is 28.7 Å². The Kier molecular flexibility index (Phi) is 3.23. The number of para-hydroxylation sites is 2. The van der Waals surface area contributed by atoms with E-state index in [1.165, 1.54) is 0 Å². The molecule has 0 spiro atoms. The Morgan fingerprint density at radius 2 is 1.50 bits per heavy atom. The average Bonchev–Trinajstić information content (AvgIpc) is 2.74. The molecule has 0 fully saturated rings. The largest absolute Gasteiger partial charge is 0.338 e. The van der Waals surface area contributed by atoms with Crippen molar-refractivity contribution in [2.45, 2.75) is 0 Å². The van der Waals surface area contributed by atoms with Crippen LogP contribution in [0.1, 0.15) is 0 Å². The van der Waals surface area contributed by atoms with E-state index in [9.17, 15) is 0 Å². The van der Waals surface area contributed by atoms with Gasteiger partial charge >= 0.3 is 0 Å². The number of hydrogen-bond donors (Lipinski definition) is 1. The smallest absolute Gasteiger partial charge is 0.138 e. The number of aromatic amines is 1. The van der Waals surface area contributed by atoms with Crippen LogP contribution < -0.4 is 0 Å². The Labute approximate surface area is 109 Å². The van der Waals surface area contributed by atoms with E-state index in [-0.39, 0.29) is 21.7 Å². The molecule has 0 radical (unpaired) electrons. The fourth-order valence-electron chi connectivity index (χ4n) is 1.69. The summed E-state index contributed by atoms with van der Waals surface area (Å²) in [4.78, 5) is 7.83. The van der Waals surface area contributed by atoms with E-state index in [0.717, 1.165) is 22.4 Å². The number of imidazole rings is 1. The quantitative estimate of drug-likeness (QED) is 0.652. The van der Waals surface area contributed by atoms with Gasteiger partial charge in [0.1, 0.15) is 5.82 Å². The first-order valence-electron chi connectivity index (χ1n) is 4.94. The van der Waals surface area contributed by atoms with Gasteiger partial charge in [0.25, 0.3) is 0 Å². The summed E-state index contributed by atoms with van der Waals surface area (Å²) in [6.45, 7) is 0. The summed E-state index contributed by atoms with van der Waals surface area (Å²) >= 11 is 0. The molecule has 0 saturated carbocycles. The van der Waals surface area contributed by atoms with Gasteiger partial charge in [-0.1, -0.05) is 42.5 Å². The van der Waals surface area contributed by atoms with Gasteiger partial charge in [-0.15, -0.1) is 0 Å². The van der Waals surface area contributed by atoms with Crippen molar-refractivity contribution in [2.75, 3.05) is 0 Å². The monoisotopic (exact) mass is 242 g/mol. The maximum atomic E-state index is 4.53. The molecule has 1 heterocycles. The number of rotatable bonds is 1. The van der Waals surface area contributed by atoms with Crippen molar-refractivity contribution in [3.63, 3.8) is 0 Å². The number of aromatic nitrogens is 2. The number of fused-ring (bicyclic) bond motifs is 1. The summed E-state index contributed by atoms with van der Waals surface area (Å²) in [5.41, 5.74) is 3.21. The van der Waals surface area contributed by atoms with Gasteiger partial charge in [0.05, 0.1) is 11.0 Å². The maximum absolute atomic E-state index is 4.53. The molecule has 0 bridgehead atoms. The van der Waals surface area contributed by atoms with Crippen LogP contribution in [-0.4, -0.2) is 9.97 Å². The number of H-pyrrole nitrogens is 1. The average molecular weight is 242 g/mol. The van der Waals surface area contributed by atoms with Gasteiger partial charge in [-0.05, 0) is 12.1 Å². The van der Waals surface area contributed by atoms with Gasteiger partial charge in [-0.25, -0.2) is 4.98 Å². The summed E-state index contributed by atoms with van der Waals surface area (Å²) in [6, 6.07) is 18.2. The van der Waals surface area contributed by atoms with Crippen molar-refractivity contribution in [3.05, 3.63) is 54.6 Å². The Bertz CT molecular complexity index is 554. The van der Waals surface area contributed by atoms with E-state index in [2.05, 4.69) is 22.1 Å². The van der Waals surface area contributed by atoms with Crippen LogP contribution in [0, 0.1) is 0 Å². The Hall–Kier alpha value is -1.38. The number of nitrogens with one attached hydrogen (secondary N) is 1. The third-order valence-electron chi connectivity index (χ3n) is 2.44. The first-order chi connectivity index (χ1) is 7.43. The van der Waals surface area contributed by atoms with E-state index >= 15 is 0 Å². The van der Waals surface area contributed by atoms with Crippen LogP contribution in [0.2, 0.25) is 0 Å². The molecule has 3 rings (SSSR count). The summed E-state index contributed by atoms with van der Waals surface area (Å²) < 4.78 is 0. The molecule has 16 heavy (non-hydrogen) atoms. The Balaban J connectivity index is 0.000000963. The fraction of sp³-hybridized carbons (Fsp3) is 0. The van der Waals surface area contributed by atoms with Crippen LogP contribution >= 0.6 is 0 Å². The van der Waals surface area contributed by atoms with Crippen LogP contribution in [-0.2, 0) is 21.7 Å². The zero-order valence-corrected chi connectivity index (χ0v) is 10.2. The zero-order chi connectivity index (χ0) is 10.1. The summed E-state index contributed by atoms with van der Waals surface area (Å²) in [5, 5.41) is 0. The minimum atomic E-state index is 0. The molecule has 0 aliphatic heterocycles. The van der Waals surface area contributed by atoms with Crippen LogP contribution in [0.5, 0.6) is 0 Å². The Morgan fingerprint density at radius 3 is 2.25 bits per heavy atom. The predicted octanol–water partition coefficient (Wildman–Crippen LogP) is 3.23. The van der Waals surface area contributed by atoms with Crippen LogP contribution in [0.4, 0.5) is 0 Å². The maximum Gasteiger partial charge on any atom is 0.138 e. The molecule has 0 aliphatic rings. The molecular formula is C13H10N2Ti. The van der Waals surface area contributed by atoms with Gasteiger partial charge in [0.2, 0.25) is 0 Å². The zero-order valence-electron chi connectivity index (χ0n) is 8.64. The Morgan fingerprint density at radius 1 is 0.812 bits per heavy atom. The van der Waals surface area contributed by atoms with Gasteiger partial charge in [-0.3, -0.25) is 0 Å². The molecule has 1 N–H and O–H groups in total. The van der Waals surface area contributed by atoms with Crippen molar-refractivity contribution in [1.29, 1.82) is 0 Å². The molecule has 2 aromatic carbocycles. The number of benzene rings is 2. The van der Waals surface area contributed by atoms with Gasteiger partial charge in [0.15, 0.2) is 0 Å². The predicted molar refractivity (Wildman–Crippen MR) is 61.5 cm³/mol. The second-order valence-corrected chi connectivity index (χ2v) is 3.47. The van der Waals surface area contributed by atoms with Crippen molar-refractivity contribution < 1.29 is 21.7 Å². The standard InChI is InChI=1S/C13H10N2.Ti/c1-2-6-10(7-3-1)13-14-11-8-4-5-9-12(11)15-13;/h1-9H,(H,14,15);. The van der Waals surface area contributed by atoms with Crippen molar-refractivity contribution in [1.82, 2.24) is 9.97 Å². The van der Waals surface area contributed by atoms with E-state index in [1.807, 2.05) is 42.5 Å². The van der Waals surface area contributed by atoms with Crippen LogP contribution in [0.3, 0.4) is 0 Å². The summed E-state index contributed by atoms with van der Waals surface area (Å²) in [6.07, 6.45) is 0. The molecule has 0 atom stereocenters. The van der Waals surface area contributed by atoms with Crippen molar-refractivity contribution in [2.24, 2.45) is 0 Å². The van der Waals surface area contributed by atoms with E-state index in [4.69, 9.17) is 0 Å². The first kappa shape index (κ1) is 11.1. The molecule has 3 heteroatoms. The third-order valence-corrected chi connectivity index (χ3v) is 2.44.